The molecule has 1 fully saturated rings. The lowest BCUT2D eigenvalue weighted by molar-refractivity contribution is 0.0625. The number of fused-ring (bicyclic) bond motifs is 2. The van der Waals surface area contributed by atoms with Crippen molar-refractivity contribution < 1.29 is 4.79 Å². The second kappa shape index (κ2) is 6.88. The molecule has 0 radical (unpaired) electrons. The maximum absolute atomic E-state index is 12.8. The number of benzene rings is 1. The molecule has 5 rings (SSSR count). The van der Waals surface area contributed by atoms with E-state index in [1.54, 1.807) is 0 Å². The summed E-state index contributed by atoms with van der Waals surface area (Å²) in [7, 11) is 0. The van der Waals surface area contributed by atoms with Crippen LogP contribution >= 0.6 is 11.3 Å². The number of thiophene rings is 1. The van der Waals surface area contributed by atoms with E-state index in [1.807, 2.05) is 46.8 Å². The van der Waals surface area contributed by atoms with Crippen molar-refractivity contribution in [2.24, 2.45) is 0 Å². The van der Waals surface area contributed by atoms with Gasteiger partial charge in [0.05, 0.1) is 12.1 Å². The SMILES string of the molecule is O=C(c1ccc2[nH]ccc2c1)N1CCN(Cc2nc3ccsc3c(=O)[nH]2)CC1. The second-order valence-corrected chi connectivity index (χ2v) is 7.91. The molecular formula is C20H19N5O2S. The zero-order valence-electron chi connectivity index (χ0n) is 15.1. The molecule has 28 heavy (non-hydrogen) atoms. The normalized spacial score (nSPS) is 15.5. The fourth-order valence-corrected chi connectivity index (χ4v) is 4.41. The maximum atomic E-state index is 12.8. The molecule has 1 amide bonds. The second-order valence-electron chi connectivity index (χ2n) is 7.00. The van der Waals surface area contributed by atoms with Gasteiger partial charge in [-0.25, -0.2) is 4.98 Å². The zero-order chi connectivity index (χ0) is 19.1. The number of carbonyl (C=O) groups excluding carboxylic acids is 1. The third-order valence-corrected chi connectivity index (χ3v) is 6.10. The molecule has 1 aromatic carbocycles. The average molecular weight is 393 g/mol. The highest BCUT2D eigenvalue weighted by atomic mass is 32.1. The van der Waals surface area contributed by atoms with E-state index in [-0.39, 0.29) is 11.5 Å². The smallest absolute Gasteiger partial charge is 0.268 e. The number of nitrogens with zero attached hydrogens (tertiary/aromatic N) is 3. The Kier molecular flexibility index (Phi) is 4.22. The van der Waals surface area contributed by atoms with Gasteiger partial charge < -0.3 is 14.9 Å². The lowest BCUT2D eigenvalue weighted by atomic mass is 10.1. The van der Waals surface area contributed by atoms with Crippen LogP contribution < -0.4 is 5.56 Å². The molecule has 142 valence electrons. The lowest BCUT2D eigenvalue weighted by Crippen LogP contribution is -2.48. The minimum Gasteiger partial charge on any atom is -0.361 e. The molecule has 4 heterocycles. The highest BCUT2D eigenvalue weighted by Gasteiger charge is 2.23. The predicted molar refractivity (Wildman–Crippen MR) is 110 cm³/mol. The lowest BCUT2D eigenvalue weighted by Gasteiger charge is -2.34. The van der Waals surface area contributed by atoms with E-state index in [4.69, 9.17) is 0 Å². The molecule has 0 aliphatic carbocycles. The molecule has 7 nitrogen and oxygen atoms in total. The van der Waals surface area contributed by atoms with Crippen molar-refractivity contribution in [2.45, 2.75) is 6.54 Å². The van der Waals surface area contributed by atoms with Gasteiger partial charge in [0.15, 0.2) is 0 Å². The van der Waals surface area contributed by atoms with E-state index in [9.17, 15) is 9.59 Å². The summed E-state index contributed by atoms with van der Waals surface area (Å²) < 4.78 is 0.665. The first-order valence-corrected chi connectivity index (χ1v) is 10.1. The van der Waals surface area contributed by atoms with Crippen LogP contribution in [0.2, 0.25) is 0 Å². The van der Waals surface area contributed by atoms with Gasteiger partial charge in [-0.1, -0.05) is 0 Å². The topological polar surface area (TPSA) is 85.1 Å². The summed E-state index contributed by atoms with van der Waals surface area (Å²) in [6, 6.07) is 9.60. The Labute approximate surface area is 164 Å². The fraction of sp³-hybridized carbons (Fsp3) is 0.250. The molecule has 0 atom stereocenters. The van der Waals surface area contributed by atoms with E-state index >= 15 is 0 Å². The molecule has 8 heteroatoms. The Bertz CT molecular complexity index is 1220. The first-order valence-electron chi connectivity index (χ1n) is 9.22. The minimum atomic E-state index is -0.0797. The Morgan fingerprint density at radius 2 is 2.00 bits per heavy atom. The van der Waals surface area contributed by atoms with E-state index < -0.39 is 0 Å². The molecular weight excluding hydrogens is 374 g/mol. The number of hydrogen-bond donors (Lipinski definition) is 2. The van der Waals surface area contributed by atoms with Crippen molar-refractivity contribution in [3.63, 3.8) is 0 Å². The molecule has 4 aromatic rings. The van der Waals surface area contributed by atoms with Crippen LogP contribution in [0, 0.1) is 0 Å². The number of piperazine rings is 1. The number of aromatic nitrogens is 3. The summed E-state index contributed by atoms with van der Waals surface area (Å²) in [5, 5.41) is 2.93. The predicted octanol–water partition coefficient (Wildman–Crippen LogP) is 2.42. The average Bonchev–Trinajstić information content (AvgIpc) is 3.37. The van der Waals surface area contributed by atoms with Crippen LogP contribution in [0.1, 0.15) is 16.2 Å². The van der Waals surface area contributed by atoms with Gasteiger partial charge >= 0.3 is 0 Å². The van der Waals surface area contributed by atoms with E-state index in [0.29, 0.717) is 30.2 Å². The van der Waals surface area contributed by atoms with Gasteiger partial charge in [0.25, 0.3) is 11.5 Å². The Hall–Kier alpha value is -2.97. The molecule has 1 saturated heterocycles. The number of nitrogens with one attached hydrogen (secondary N) is 2. The number of rotatable bonds is 3. The Balaban J connectivity index is 1.25. The Morgan fingerprint density at radius 3 is 2.86 bits per heavy atom. The van der Waals surface area contributed by atoms with E-state index in [1.165, 1.54) is 11.3 Å². The summed E-state index contributed by atoms with van der Waals surface area (Å²) in [5.41, 5.74) is 2.42. The van der Waals surface area contributed by atoms with Crippen LogP contribution in [0.3, 0.4) is 0 Å². The van der Waals surface area contributed by atoms with Crippen LogP contribution in [-0.2, 0) is 6.54 Å². The largest absolute Gasteiger partial charge is 0.361 e. The molecule has 1 aliphatic heterocycles. The van der Waals surface area contributed by atoms with Crippen molar-refractivity contribution in [3.05, 3.63) is 63.7 Å². The van der Waals surface area contributed by atoms with Gasteiger partial charge in [0.2, 0.25) is 0 Å². The van der Waals surface area contributed by atoms with Crippen molar-refractivity contribution >= 4 is 38.4 Å². The summed E-state index contributed by atoms with van der Waals surface area (Å²) in [6.45, 7) is 3.41. The molecule has 0 saturated carbocycles. The monoisotopic (exact) mass is 393 g/mol. The maximum Gasteiger partial charge on any atom is 0.268 e. The standard InChI is InChI=1S/C20H19N5O2S/c26-19-18-16(4-10-28-18)22-17(23-19)12-24-6-8-25(9-7-24)20(27)14-1-2-15-13(11-14)3-5-21-15/h1-5,10-11,21H,6-9,12H2,(H,22,23,26). The van der Waals surface area contributed by atoms with Crippen LogP contribution in [0.5, 0.6) is 0 Å². The van der Waals surface area contributed by atoms with E-state index in [0.717, 1.165) is 35.1 Å². The van der Waals surface area contributed by atoms with Crippen molar-refractivity contribution in [1.82, 2.24) is 24.8 Å². The molecule has 0 bridgehead atoms. The highest BCUT2D eigenvalue weighted by molar-refractivity contribution is 7.17. The third-order valence-electron chi connectivity index (χ3n) is 5.20. The zero-order valence-corrected chi connectivity index (χ0v) is 16.0. The quantitative estimate of drug-likeness (QED) is 0.560. The first kappa shape index (κ1) is 17.2. The summed E-state index contributed by atoms with van der Waals surface area (Å²) >= 11 is 1.41. The van der Waals surface area contributed by atoms with Crippen molar-refractivity contribution in [1.29, 1.82) is 0 Å². The van der Waals surface area contributed by atoms with Crippen molar-refractivity contribution in [3.8, 4) is 0 Å². The van der Waals surface area contributed by atoms with Gasteiger partial charge in [-0.3, -0.25) is 14.5 Å². The minimum absolute atomic E-state index is 0.0639. The fourth-order valence-electron chi connectivity index (χ4n) is 3.69. The third kappa shape index (κ3) is 3.10. The van der Waals surface area contributed by atoms with Crippen molar-refractivity contribution in [2.75, 3.05) is 26.2 Å². The van der Waals surface area contributed by atoms with Crippen LogP contribution in [0.15, 0.2) is 46.7 Å². The number of carbonyl (C=O) groups is 1. The Morgan fingerprint density at radius 1 is 1.14 bits per heavy atom. The summed E-state index contributed by atoms with van der Waals surface area (Å²) in [5.74, 6) is 0.738. The van der Waals surface area contributed by atoms with Crippen LogP contribution in [0.4, 0.5) is 0 Å². The van der Waals surface area contributed by atoms with Crippen LogP contribution in [-0.4, -0.2) is 56.8 Å². The molecule has 2 N–H and O–H groups in total. The first-order chi connectivity index (χ1) is 13.7. The number of H-pyrrole nitrogens is 2. The van der Waals surface area contributed by atoms with Gasteiger partial charge in [-0.05, 0) is 35.7 Å². The number of aromatic amines is 2. The van der Waals surface area contributed by atoms with Crippen LogP contribution in [0.25, 0.3) is 21.1 Å². The molecule has 3 aromatic heterocycles. The molecule has 0 spiro atoms. The molecule has 0 unspecified atom stereocenters. The van der Waals surface area contributed by atoms with Gasteiger partial charge in [-0.2, -0.15) is 0 Å². The molecule has 1 aliphatic rings. The van der Waals surface area contributed by atoms with Gasteiger partial charge in [0.1, 0.15) is 10.5 Å². The van der Waals surface area contributed by atoms with Gasteiger partial charge in [0, 0.05) is 48.8 Å². The van der Waals surface area contributed by atoms with Gasteiger partial charge in [-0.15, -0.1) is 11.3 Å². The number of amides is 1. The van der Waals surface area contributed by atoms with E-state index in [2.05, 4.69) is 19.9 Å². The number of hydrogen-bond acceptors (Lipinski definition) is 5. The summed E-state index contributed by atoms with van der Waals surface area (Å²) in [4.78, 5) is 39.6. The summed E-state index contributed by atoms with van der Waals surface area (Å²) in [6.07, 6.45) is 1.88. The highest BCUT2D eigenvalue weighted by Crippen LogP contribution is 2.18.